The zero-order chi connectivity index (χ0) is 12.1. The third kappa shape index (κ3) is 3.49. The Kier molecular flexibility index (Phi) is 4.74. The zero-order valence-corrected chi connectivity index (χ0v) is 10.6. The van der Waals surface area contributed by atoms with Gasteiger partial charge in [0.1, 0.15) is 0 Å². The second kappa shape index (κ2) is 5.85. The summed E-state index contributed by atoms with van der Waals surface area (Å²) in [6.07, 6.45) is 2.09. The number of aromatic nitrogens is 1. The quantitative estimate of drug-likeness (QED) is 0.832. The van der Waals surface area contributed by atoms with Crippen LogP contribution in [0, 0.1) is 5.92 Å². The summed E-state index contributed by atoms with van der Waals surface area (Å²) in [5.74, 6) is 0.630. The molecule has 0 aliphatic heterocycles. The molecule has 1 rings (SSSR count). The molecule has 0 bridgehead atoms. The molecule has 0 aromatic carbocycles. The van der Waals surface area contributed by atoms with Crippen molar-refractivity contribution in [2.75, 3.05) is 18.5 Å². The van der Waals surface area contributed by atoms with Crippen LogP contribution >= 0.6 is 0 Å². The largest absolute Gasteiger partial charge is 0.387 e. The summed E-state index contributed by atoms with van der Waals surface area (Å²) in [5.41, 5.74) is 1.85. The van der Waals surface area contributed by atoms with Crippen LogP contribution in [-0.2, 0) is 0 Å². The molecule has 0 aliphatic carbocycles. The highest BCUT2D eigenvalue weighted by Crippen LogP contribution is 2.18. The van der Waals surface area contributed by atoms with Gasteiger partial charge < -0.3 is 10.0 Å². The van der Waals surface area contributed by atoms with Crippen LogP contribution in [0.15, 0.2) is 18.3 Å². The van der Waals surface area contributed by atoms with E-state index in [4.69, 9.17) is 0 Å². The van der Waals surface area contributed by atoms with Crippen molar-refractivity contribution in [2.45, 2.75) is 33.3 Å². The zero-order valence-electron chi connectivity index (χ0n) is 10.6. The van der Waals surface area contributed by atoms with Crippen LogP contribution < -0.4 is 4.90 Å². The Morgan fingerprint density at radius 1 is 1.38 bits per heavy atom. The number of hydrogen-bond donors (Lipinski definition) is 1. The topological polar surface area (TPSA) is 36.4 Å². The molecule has 0 saturated carbocycles. The van der Waals surface area contributed by atoms with Gasteiger partial charge in [0, 0.05) is 13.6 Å². The van der Waals surface area contributed by atoms with Gasteiger partial charge in [-0.3, -0.25) is 4.98 Å². The minimum absolute atomic E-state index is 0.440. The fourth-order valence-electron chi connectivity index (χ4n) is 1.68. The van der Waals surface area contributed by atoms with E-state index in [0.29, 0.717) is 12.3 Å². The first-order valence-corrected chi connectivity index (χ1v) is 5.89. The molecule has 16 heavy (non-hydrogen) atoms. The lowest BCUT2D eigenvalue weighted by molar-refractivity contribution is 0.169. The van der Waals surface area contributed by atoms with Gasteiger partial charge >= 0.3 is 0 Å². The van der Waals surface area contributed by atoms with Crippen LogP contribution in [0.3, 0.4) is 0 Å². The third-order valence-corrected chi connectivity index (χ3v) is 2.58. The molecule has 0 radical (unpaired) electrons. The number of aliphatic hydroxyl groups excluding tert-OH is 1. The maximum Gasteiger partial charge on any atom is 0.0957 e. The van der Waals surface area contributed by atoms with Crippen molar-refractivity contribution in [1.29, 1.82) is 0 Å². The molecule has 1 aromatic rings. The Labute approximate surface area is 98.1 Å². The second-order valence-electron chi connectivity index (χ2n) is 4.64. The van der Waals surface area contributed by atoms with Crippen molar-refractivity contribution >= 4 is 5.69 Å². The van der Waals surface area contributed by atoms with Gasteiger partial charge in [-0.2, -0.15) is 0 Å². The van der Waals surface area contributed by atoms with E-state index in [-0.39, 0.29) is 0 Å². The SMILES string of the molecule is CC[C@@H](O)c1ccc(N(C)CC(C)C)cn1. The molecule has 1 aromatic heterocycles. The van der Waals surface area contributed by atoms with Gasteiger partial charge in [-0.25, -0.2) is 0 Å². The van der Waals surface area contributed by atoms with E-state index in [0.717, 1.165) is 17.9 Å². The monoisotopic (exact) mass is 222 g/mol. The minimum Gasteiger partial charge on any atom is -0.387 e. The Morgan fingerprint density at radius 2 is 2.06 bits per heavy atom. The summed E-state index contributed by atoms with van der Waals surface area (Å²) in [5, 5.41) is 9.63. The van der Waals surface area contributed by atoms with Gasteiger partial charge in [0.25, 0.3) is 0 Å². The number of anilines is 1. The summed E-state index contributed by atoms with van der Waals surface area (Å²) in [6, 6.07) is 3.92. The standard InChI is InChI=1S/C13H22N2O/c1-5-13(16)12-7-6-11(8-14-12)15(4)9-10(2)3/h6-8,10,13,16H,5,9H2,1-4H3/t13-/m1/s1. The first kappa shape index (κ1) is 13.0. The van der Waals surface area contributed by atoms with Gasteiger partial charge in [0.2, 0.25) is 0 Å². The molecule has 0 aliphatic rings. The first-order chi connectivity index (χ1) is 7.54. The van der Waals surface area contributed by atoms with E-state index in [1.807, 2.05) is 25.3 Å². The van der Waals surface area contributed by atoms with Gasteiger partial charge in [-0.15, -0.1) is 0 Å². The van der Waals surface area contributed by atoms with Crippen molar-refractivity contribution in [3.63, 3.8) is 0 Å². The van der Waals surface area contributed by atoms with Gasteiger partial charge in [-0.05, 0) is 24.5 Å². The normalized spacial score (nSPS) is 12.9. The Hall–Kier alpha value is -1.09. The Bertz CT molecular complexity index is 308. The van der Waals surface area contributed by atoms with Crippen LogP contribution in [0.1, 0.15) is 39.0 Å². The molecule has 0 saturated heterocycles. The van der Waals surface area contributed by atoms with Crippen molar-refractivity contribution in [3.05, 3.63) is 24.0 Å². The first-order valence-electron chi connectivity index (χ1n) is 5.89. The summed E-state index contributed by atoms with van der Waals surface area (Å²) >= 11 is 0. The van der Waals surface area contributed by atoms with Gasteiger partial charge in [-0.1, -0.05) is 20.8 Å². The van der Waals surface area contributed by atoms with E-state index in [1.54, 1.807) is 0 Å². The van der Waals surface area contributed by atoms with Crippen molar-refractivity contribution in [3.8, 4) is 0 Å². The molecule has 3 nitrogen and oxygen atoms in total. The summed E-state index contributed by atoms with van der Waals surface area (Å²) in [6.45, 7) is 7.35. The Morgan fingerprint density at radius 3 is 2.50 bits per heavy atom. The highest BCUT2D eigenvalue weighted by Gasteiger charge is 2.08. The number of rotatable bonds is 5. The molecule has 90 valence electrons. The van der Waals surface area contributed by atoms with Crippen LogP contribution in [0.4, 0.5) is 5.69 Å². The number of aliphatic hydroxyl groups is 1. The average molecular weight is 222 g/mol. The van der Waals surface area contributed by atoms with Crippen molar-refractivity contribution in [1.82, 2.24) is 4.98 Å². The van der Waals surface area contributed by atoms with Crippen molar-refractivity contribution < 1.29 is 5.11 Å². The second-order valence-corrected chi connectivity index (χ2v) is 4.64. The van der Waals surface area contributed by atoms with Crippen LogP contribution in [-0.4, -0.2) is 23.7 Å². The highest BCUT2D eigenvalue weighted by atomic mass is 16.3. The van der Waals surface area contributed by atoms with Crippen LogP contribution in [0.5, 0.6) is 0 Å². The molecule has 0 amide bonds. The maximum absolute atomic E-state index is 9.63. The van der Waals surface area contributed by atoms with Gasteiger partial charge in [0.05, 0.1) is 23.7 Å². The minimum atomic E-state index is -0.440. The molecule has 3 heteroatoms. The Balaban J connectivity index is 2.70. The molecule has 0 spiro atoms. The fraction of sp³-hybridized carbons (Fsp3) is 0.615. The lowest BCUT2D eigenvalue weighted by Crippen LogP contribution is -2.22. The average Bonchev–Trinajstić information content (AvgIpc) is 2.27. The fourth-order valence-corrected chi connectivity index (χ4v) is 1.68. The van der Waals surface area contributed by atoms with Crippen LogP contribution in [0.2, 0.25) is 0 Å². The lowest BCUT2D eigenvalue weighted by atomic mass is 10.1. The molecular formula is C13H22N2O. The lowest BCUT2D eigenvalue weighted by Gasteiger charge is -2.21. The maximum atomic E-state index is 9.63. The highest BCUT2D eigenvalue weighted by molar-refractivity contribution is 5.43. The number of nitrogens with zero attached hydrogens (tertiary/aromatic N) is 2. The molecule has 0 unspecified atom stereocenters. The van der Waals surface area contributed by atoms with E-state index >= 15 is 0 Å². The van der Waals surface area contributed by atoms with E-state index in [2.05, 4.69) is 30.8 Å². The summed E-state index contributed by atoms with van der Waals surface area (Å²) in [4.78, 5) is 6.47. The predicted molar refractivity (Wildman–Crippen MR) is 67.6 cm³/mol. The summed E-state index contributed by atoms with van der Waals surface area (Å²) in [7, 11) is 2.06. The molecule has 1 N–H and O–H groups in total. The van der Waals surface area contributed by atoms with Gasteiger partial charge in [0.15, 0.2) is 0 Å². The smallest absolute Gasteiger partial charge is 0.0957 e. The van der Waals surface area contributed by atoms with E-state index < -0.39 is 6.10 Å². The van der Waals surface area contributed by atoms with Crippen molar-refractivity contribution in [2.24, 2.45) is 5.92 Å². The summed E-state index contributed by atoms with van der Waals surface area (Å²) < 4.78 is 0. The van der Waals surface area contributed by atoms with E-state index in [1.165, 1.54) is 0 Å². The third-order valence-electron chi connectivity index (χ3n) is 2.58. The molecular weight excluding hydrogens is 200 g/mol. The number of hydrogen-bond acceptors (Lipinski definition) is 3. The van der Waals surface area contributed by atoms with E-state index in [9.17, 15) is 5.11 Å². The predicted octanol–water partition coefficient (Wildman–Crippen LogP) is 2.62. The molecule has 1 heterocycles. The molecule has 0 fully saturated rings. The van der Waals surface area contributed by atoms with Crippen LogP contribution in [0.25, 0.3) is 0 Å². The molecule has 1 atom stereocenters. The number of pyridine rings is 1.